The summed E-state index contributed by atoms with van der Waals surface area (Å²) in [4.78, 5) is 21.9. The molecule has 0 aromatic heterocycles. The highest BCUT2D eigenvalue weighted by molar-refractivity contribution is 14.1. The summed E-state index contributed by atoms with van der Waals surface area (Å²) >= 11 is 1.91. The fraction of sp³-hybridized carbons (Fsp3) is 0. The number of hydrogen-bond acceptors (Lipinski definition) is 2. The van der Waals surface area contributed by atoms with Gasteiger partial charge in [-0.2, -0.15) is 0 Å². The number of carbonyl (C=O) groups excluding carboxylic acids is 2. The second kappa shape index (κ2) is 2.76. The van der Waals surface area contributed by atoms with Gasteiger partial charge in [0.2, 0.25) is 0 Å². The van der Waals surface area contributed by atoms with Crippen molar-refractivity contribution in [2.75, 3.05) is 5.32 Å². The standard InChI is InChI=1S/C8H3FINO2/c9-4-1-3(10)2-5-6(4)7(12)8(13)11-5/h1-2H,(H,11,12,13). The monoisotopic (exact) mass is 291 g/mol. The molecular formula is C8H3FINO2. The van der Waals surface area contributed by atoms with E-state index in [0.717, 1.165) is 0 Å². The van der Waals surface area contributed by atoms with Crippen LogP contribution in [-0.4, -0.2) is 11.7 Å². The lowest BCUT2D eigenvalue weighted by Crippen LogP contribution is -2.12. The number of rotatable bonds is 0. The molecule has 1 N–H and O–H groups in total. The van der Waals surface area contributed by atoms with Crippen molar-refractivity contribution in [2.24, 2.45) is 0 Å². The maximum atomic E-state index is 13.2. The third-order valence-electron chi connectivity index (χ3n) is 1.74. The van der Waals surface area contributed by atoms with E-state index in [1.165, 1.54) is 6.07 Å². The van der Waals surface area contributed by atoms with Crippen LogP contribution < -0.4 is 5.32 Å². The fourth-order valence-electron chi connectivity index (χ4n) is 1.20. The van der Waals surface area contributed by atoms with Crippen molar-refractivity contribution in [2.45, 2.75) is 0 Å². The maximum Gasteiger partial charge on any atom is 0.296 e. The van der Waals surface area contributed by atoms with Gasteiger partial charge in [0.05, 0.1) is 11.3 Å². The molecule has 5 heteroatoms. The van der Waals surface area contributed by atoms with Gasteiger partial charge in [-0.15, -0.1) is 0 Å². The molecule has 0 aliphatic carbocycles. The number of nitrogens with one attached hydrogen (secondary N) is 1. The molecule has 0 atom stereocenters. The highest BCUT2D eigenvalue weighted by Crippen LogP contribution is 2.27. The van der Waals surface area contributed by atoms with Crippen molar-refractivity contribution < 1.29 is 14.0 Å². The van der Waals surface area contributed by atoms with Crippen molar-refractivity contribution >= 4 is 40.0 Å². The van der Waals surface area contributed by atoms with Crippen LogP contribution in [0.4, 0.5) is 10.1 Å². The molecule has 1 heterocycles. The summed E-state index contributed by atoms with van der Waals surface area (Å²) in [7, 11) is 0. The summed E-state index contributed by atoms with van der Waals surface area (Å²) in [6, 6.07) is 2.78. The third-order valence-corrected chi connectivity index (χ3v) is 2.36. The largest absolute Gasteiger partial charge is 0.318 e. The molecule has 0 saturated carbocycles. The molecule has 3 nitrogen and oxygen atoms in total. The number of benzene rings is 1. The molecule has 0 radical (unpaired) electrons. The zero-order valence-corrected chi connectivity index (χ0v) is 8.38. The van der Waals surface area contributed by atoms with Crippen molar-refractivity contribution in [3.8, 4) is 0 Å². The van der Waals surface area contributed by atoms with Crippen LogP contribution in [0.5, 0.6) is 0 Å². The molecule has 1 aromatic rings. The summed E-state index contributed by atoms with van der Waals surface area (Å²) in [6.45, 7) is 0. The number of hydrogen-bond donors (Lipinski definition) is 1. The number of ketones is 1. The molecule has 0 spiro atoms. The molecule has 0 fully saturated rings. The van der Waals surface area contributed by atoms with Crippen molar-refractivity contribution in [1.82, 2.24) is 0 Å². The normalized spacial score (nSPS) is 14.3. The van der Waals surface area contributed by atoms with E-state index in [1.807, 2.05) is 22.6 Å². The first-order valence-electron chi connectivity index (χ1n) is 3.44. The maximum absolute atomic E-state index is 13.2. The molecule has 1 aromatic carbocycles. The van der Waals surface area contributed by atoms with Crippen molar-refractivity contribution in [1.29, 1.82) is 0 Å². The predicted molar refractivity (Wildman–Crippen MR) is 52.1 cm³/mol. The van der Waals surface area contributed by atoms with Crippen LogP contribution in [0.1, 0.15) is 10.4 Å². The first kappa shape index (κ1) is 8.61. The zero-order chi connectivity index (χ0) is 9.59. The van der Waals surface area contributed by atoms with E-state index in [2.05, 4.69) is 5.32 Å². The van der Waals surface area contributed by atoms with Crippen LogP contribution in [-0.2, 0) is 4.79 Å². The van der Waals surface area contributed by atoms with Crippen LogP contribution in [0.25, 0.3) is 0 Å². The molecule has 0 bridgehead atoms. The number of anilines is 1. The number of amides is 1. The third kappa shape index (κ3) is 1.23. The molecule has 0 unspecified atom stereocenters. The summed E-state index contributed by atoms with van der Waals surface area (Å²) in [5, 5.41) is 2.30. The van der Waals surface area contributed by atoms with Crippen LogP contribution in [0, 0.1) is 9.39 Å². The topological polar surface area (TPSA) is 46.2 Å². The Hall–Kier alpha value is -0.980. The van der Waals surface area contributed by atoms with E-state index < -0.39 is 17.5 Å². The van der Waals surface area contributed by atoms with Crippen LogP contribution >= 0.6 is 22.6 Å². The fourth-order valence-corrected chi connectivity index (χ4v) is 1.78. The van der Waals surface area contributed by atoms with Gasteiger partial charge in [-0.05, 0) is 34.7 Å². The Morgan fingerprint density at radius 2 is 2.00 bits per heavy atom. The Bertz CT molecular complexity index is 430. The summed E-state index contributed by atoms with van der Waals surface area (Å²) in [5.41, 5.74) is 0.116. The zero-order valence-electron chi connectivity index (χ0n) is 6.23. The summed E-state index contributed by atoms with van der Waals surface area (Å²) in [5.74, 6) is -2.22. The van der Waals surface area contributed by atoms with Gasteiger partial charge in [-0.3, -0.25) is 9.59 Å². The van der Waals surface area contributed by atoms with Gasteiger partial charge in [0.15, 0.2) is 0 Å². The number of carbonyl (C=O) groups is 2. The van der Waals surface area contributed by atoms with Crippen molar-refractivity contribution in [3.63, 3.8) is 0 Å². The second-order valence-corrected chi connectivity index (χ2v) is 3.84. The summed E-state index contributed by atoms with van der Waals surface area (Å²) in [6.07, 6.45) is 0. The molecule has 1 aliphatic heterocycles. The lowest BCUT2D eigenvalue weighted by Gasteiger charge is -1.98. The molecular weight excluding hydrogens is 288 g/mol. The lowest BCUT2D eigenvalue weighted by atomic mass is 10.1. The van der Waals surface area contributed by atoms with Crippen LogP contribution in [0.3, 0.4) is 0 Å². The van der Waals surface area contributed by atoms with Gasteiger partial charge >= 0.3 is 0 Å². The smallest absolute Gasteiger partial charge is 0.296 e. The minimum absolute atomic E-state index is 0.148. The lowest BCUT2D eigenvalue weighted by molar-refractivity contribution is -0.112. The van der Waals surface area contributed by atoms with Gasteiger partial charge in [-0.25, -0.2) is 4.39 Å². The van der Waals surface area contributed by atoms with Gasteiger partial charge in [0.1, 0.15) is 5.82 Å². The minimum Gasteiger partial charge on any atom is -0.318 e. The Kier molecular flexibility index (Phi) is 1.83. The molecule has 0 saturated heterocycles. The van der Waals surface area contributed by atoms with Gasteiger partial charge in [0, 0.05) is 3.57 Å². The Labute approximate surface area is 86.5 Å². The van der Waals surface area contributed by atoms with Gasteiger partial charge < -0.3 is 5.32 Å². The molecule has 1 amide bonds. The Balaban J connectivity index is 2.71. The summed E-state index contributed by atoms with van der Waals surface area (Å²) < 4.78 is 13.8. The predicted octanol–water partition coefficient (Wildman–Crippen LogP) is 1.57. The number of Topliss-reactive ketones (excluding diaryl/α,β-unsaturated/α-hetero) is 1. The van der Waals surface area contributed by atoms with E-state index >= 15 is 0 Å². The molecule has 66 valence electrons. The van der Waals surface area contributed by atoms with E-state index in [4.69, 9.17) is 0 Å². The highest BCUT2D eigenvalue weighted by atomic mass is 127. The second-order valence-electron chi connectivity index (χ2n) is 2.59. The minimum atomic E-state index is -0.802. The van der Waals surface area contributed by atoms with E-state index in [9.17, 15) is 14.0 Å². The van der Waals surface area contributed by atoms with E-state index in [1.54, 1.807) is 6.07 Å². The van der Waals surface area contributed by atoms with Gasteiger partial charge in [-0.1, -0.05) is 0 Å². The number of halogens is 2. The van der Waals surface area contributed by atoms with Crippen molar-refractivity contribution in [3.05, 3.63) is 27.1 Å². The molecule has 1 aliphatic rings. The highest BCUT2D eigenvalue weighted by Gasteiger charge is 2.31. The number of fused-ring (bicyclic) bond motifs is 1. The SMILES string of the molecule is O=C1Nc2cc(I)cc(F)c2C1=O. The quantitative estimate of drug-likeness (QED) is 0.582. The average Bonchev–Trinajstić information content (AvgIpc) is 2.27. The van der Waals surface area contributed by atoms with Crippen LogP contribution in [0.2, 0.25) is 0 Å². The van der Waals surface area contributed by atoms with E-state index in [0.29, 0.717) is 3.57 Å². The van der Waals surface area contributed by atoms with Gasteiger partial charge in [0.25, 0.3) is 11.7 Å². The van der Waals surface area contributed by atoms with Crippen LogP contribution in [0.15, 0.2) is 12.1 Å². The Morgan fingerprint density at radius 1 is 1.31 bits per heavy atom. The molecule has 13 heavy (non-hydrogen) atoms. The first-order valence-corrected chi connectivity index (χ1v) is 4.52. The average molecular weight is 291 g/mol. The van der Waals surface area contributed by atoms with E-state index in [-0.39, 0.29) is 11.3 Å². The Morgan fingerprint density at radius 3 is 2.69 bits per heavy atom. The molecule has 2 rings (SSSR count). The first-order chi connectivity index (χ1) is 6.09.